The Kier molecular flexibility index (Phi) is 7.62. The fourth-order valence-electron chi connectivity index (χ4n) is 5.48. The first-order valence-electron chi connectivity index (χ1n) is 13.2. The average molecular weight is 728 g/mol. The molecule has 0 N–H and O–H groups in total. The third-order valence-electron chi connectivity index (χ3n) is 7.18. The van der Waals surface area contributed by atoms with Crippen LogP contribution in [-0.4, -0.2) is 9.97 Å². The smallest absolute Gasteiger partial charge is 0.503 e. The Morgan fingerprint density at radius 1 is 0.659 bits per heavy atom. The number of rotatable bonds is 5. The molecule has 7 rings (SSSR count). The van der Waals surface area contributed by atoms with Gasteiger partial charge in [-0.3, -0.25) is 4.98 Å². The topological polar surface area (TPSA) is 35.0 Å². The van der Waals surface area contributed by atoms with Gasteiger partial charge in [-0.1, -0.05) is 72.4 Å². The number of fused-ring (bicyclic) bond motifs is 2. The number of hydrogen-bond donors (Lipinski definition) is 0. The number of aromatic nitrogens is 2. The molecule has 0 unspecified atom stereocenters. The molecule has 0 amide bonds. The van der Waals surface area contributed by atoms with Crippen LogP contribution < -0.4 is 4.74 Å². The zero-order valence-electron chi connectivity index (χ0n) is 22.2. The monoisotopic (exact) mass is 727 g/mol. The van der Waals surface area contributed by atoms with Gasteiger partial charge in [-0.2, -0.15) is 12.1 Å². The minimum atomic E-state index is -0.657. The second-order valence-corrected chi connectivity index (χ2v) is 10.8. The van der Waals surface area contributed by atoms with Crippen LogP contribution in [-0.2, 0) is 26.5 Å². The van der Waals surface area contributed by atoms with Crippen LogP contribution in [0.1, 0.15) is 28.1 Å². The Morgan fingerprint density at radius 2 is 1.32 bits per heavy atom. The Balaban J connectivity index is 0.00000302. The predicted octanol–water partition coefficient (Wildman–Crippen LogP) is 8.69. The molecule has 6 aromatic rings. The molecule has 0 fully saturated rings. The third-order valence-corrected chi connectivity index (χ3v) is 8.33. The molecule has 0 bridgehead atoms. The van der Waals surface area contributed by atoms with Gasteiger partial charge in [0.1, 0.15) is 0 Å². The second kappa shape index (κ2) is 11.5. The van der Waals surface area contributed by atoms with Crippen LogP contribution in [0.25, 0.3) is 11.3 Å². The normalized spacial score (nSPS) is 12.9. The fraction of sp³-hybridized carbons (Fsp3) is 0.0556. The van der Waals surface area contributed by atoms with E-state index in [1.807, 2.05) is 67.7 Å². The number of hydrogen-bond acceptors (Lipinski definition) is 4. The maximum absolute atomic E-state index is 6.39. The zero-order valence-corrected chi connectivity index (χ0v) is 25.2. The van der Waals surface area contributed by atoms with E-state index < -0.39 is 5.41 Å². The van der Waals surface area contributed by atoms with Gasteiger partial charge in [0.25, 0.3) is 0 Å². The molecule has 0 saturated heterocycles. The van der Waals surface area contributed by atoms with Crippen LogP contribution in [0.3, 0.4) is 0 Å². The van der Waals surface area contributed by atoms with E-state index >= 15 is 0 Å². The van der Waals surface area contributed by atoms with Gasteiger partial charge in [-0.05, 0) is 54.1 Å². The second-order valence-electron chi connectivity index (χ2n) is 9.68. The quantitative estimate of drug-likeness (QED) is 0.166. The van der Waals surface area contributed by atoms with Crippen LogP contribution in [0.15, 0.2) is 137 Å². The van der Waals surface area contributed by atoms with Gasteiger partial charge >= 0.3 is 21.1 Å². The number of aryl methyl sites for hydroxylation is 1. The van der Waals surface area contributed by atoms with E-state index in [0.29, 0.717) is 11.5 Å². The fourth-order valence-corrected chi connectivity index (χ4v) is 6.67. The van der Waals surface area contributed by atoms with Gasteiger partial charge in [0.2, 0.25) is 0 Å². The molecule has 0 atom stereocenters. The van der Waals surface area contributed by atoms with Gasteiger partial charge in [0, 0.05) is 33.2 Å². The Morgan fingerprint density at radius 3 is 2.02 bits per heavy atom. The molecule has 1 aliphatic heterocycles. The number of pyridine rings is 2. The first-order chi connectivity index (χ1) is 19.7. The number of ether oxygens (including phenoxy) is 1. The number of benzene rings is 4. The molecule has 2 aromatic heterocycles. The van der Waals surface area contributed by atoms with E-state index in [-0.39, 0.29) is 21.1 Å². The average Bonchev–Trinajstić information content (AvgIpc) is 3.00. The summed E-state index contributed by atoms with van der Waals surface area (Å²) in [4.78, 5) is 12.0. The Hall–Kier alpha value is -3.98. The van der Waals surface area contributed by atoms with Crippen molar-refractivity contribution in [1.82, 2.24) is 9.97 Å². The van der Waals surface area contributed by atoms with Crippen molar-refractivity contribution in [2.24, 2.45) is 0 Å². The molecular weight excluding hydrogens is 704 g/mol. The van der Waals surface area contributed by atoms with Crippen LogP contribution in [0.2, 0.25) is 0 Å². The maximum atomic E-state index is 6.39. The molecule has 0 spiro atoms. The van der Waals surface area contributed by atoms with E-state index in [0.717, 1.165) is 28.2 Å². The van der Waals surface area contributed by atoms with E-state index in [1.165, 1.54) is 20.9 Å². The van der Waals surface area contributed by atoms with Crippen molar-refractivity contribution >= 4 is 11.8 Å². The van der Waals surface area contributed by atoms with Gasteiger partial charge in [-0.25, -0.2) is 0 Å². The molecule has 0 saturated carbocycles. The van der Waals surface area contributed by atoms with Crippen molar-refractivity contribution in [3.8, 4) is 22.8 Å². The molecule has 3 heterocycles. The molecular formula is C36H24N2OPtS. The van der Waals surface area contributed by atoms with Gasteiger partial charge in [-0.15, -0.1) is 41.5 Å². The van der Waals surface area contributed by atoms with Crippen molar-refractivity contribution < 1.29 is 25.8 Å². The summed E-state index contributed by atoms with van der Waals surface area (Å²) in [7, 11) is 0. The van der Waals surface area contributed by atoms with Crippen molar-refractivity contribution in [3.05, 3.63) is 168 Å². The van der Waals surface area contributed by atoms with Crippen molar-refractivity contribution in [2.45, 2.75) is 22.1 Å². The summed E-state index contributed by atoms with van der Waals surface area (Å²) in [6.07, 6.45) is 1.87. The zero-order chi connectivity index (χ0) is 26.9. The van der Waals surface area contributed by atoms with Gasteiger partial charge in [0.05, 0.1) is 11.1 Å². The summed E-state index contributed by atoms with van der Waals surface area (Å²) >= 11 is 1.80. The number of nitrogens with zero attached hydrogens (tertiary/aromatic N) is 2. The first kappa shape index (κ1) is 27.2. The van der Waals surface area contributed by atoms with Crippen molar-refractivity contribution in [3.63, 3.8) is 0 Å². The van der Waals surface area contributed by atoms with Crippen molar-refractivity contribution in [2.75, 3.05) is 0 Å². The van der Waals surface area contributed by atoms with Crippen LogP contribution >= 0.6 is 11.8 Å². The Labute approximate surface area is 259 Å². The first-order valence-corrected chi connectivity index (χ1v) is 14.0. The van der Waals surface area contributed by atoms with Crippen LogP contribution in [0, 0.1) is 19.1 Å². The van der Waals surface area contributed by atoms with Gasteiger partial charge < -0.3 is 9.72 Å². The summed E-state index contributed by atoms with van der Waals surface area (Å²) in [5.41, 5.74) is 6.35. The van der Waals surface area contributed by atoms with Crippen molar-refractivity contribution in [1.29, 1.82) is 0 Å². The molecule has 4 aromatic carbocycles. The molecule has 0 radical (unpaired) electrons. The third kappa shape index (κ3) is 4.92. The summed E-state index contributed by atoms with van der Waals surface area (Å²) in [6.45, 7) is 1.99. The SMILES string of the molecule is Cc1cccc(-c2[c-]c(Oc3[c-]c(C4(c5ccccn5)c5ccccc5Sc5ccccc54)ccc3)ccc2)n1.[Pt+2]. The van der Waals surface area contributed by atoms with E-state index in [1.54, 1.807) is 11.8 Å². The molecule has 5 heteroatoms. The molecule has 41 heavy (non-hydrogen) atoms. The maximum Gasteiger partial charge on any atom is 2.00 e. The van der Waals surface area contributed by atoms with E-state index in [4.69, 9.17) is 9.72 Å². The largest absolute Gasteiger partial charge is 2.00 e. The summed E-state index contributed by atoms with van der Waals surface area (Å²) < 4.78 is 6.39. The molecule has 200 valence electrons. The summed E-state index contributed by atoms with van der Waals surface area (Å²) in [5.74, 6) is 1.23. The minimum Gasteiger partial charge on any atom is -0.503 e. The summed E-state index contributed by atoms with van der Waals surface area (Å²) in [5, 5.41) is 0. The molecule has 3 nitrogen and oxygen atoms in total. The standard InChI is InChI=1S/C36H24N2OS.Pt/c1-25-11-8-18-32(38-25)26-12-9-14-28(23-26)39-29-15-10-13-27(24-29)36(35-21-6-7-22-37-35)30-16-2-4-19-33(30)40-34-20-5-3-17-31(34)36;/h2-22H,1H3;/q-2;+2. The van der Waals surface area contributed by atoms with E-state index in [2.05, 4.69) is 83.8 Å². The molecule has 0 aliphatic carbocycles. The van der Waals surface area contributed by atoms with Gasteiger partial charge in [0.15, 0.2) is 0 Å². The summed E-state index contributed by atoms with van der Waals surface area (Å²) in [6, 6.07) is 48.3. The minimum absolute atomic E-state index is 0. The predicted molar refractivity (Wildman–Crippen MR) is 159 cm³/mol. The van der Waals surface area contributed by atoms with Crippen LogP contribution in [0.4, 0.5) is 0 Å². The Bertz CT molecular complexity index is 1790. The van der Waals surface area contributed by atoms with Crippen LogP contribution in [0.5, 0.6) is 11.5 Å². The van der Waals surface area contributed by atoms with E-state index in [9.17, 15) is 0 Å². The molecule has 1 aliphatic rings.